The number of hydrogen-bond acceptors (Lipinski definition) is 4. The second-order valence-corrected chi connectivity index (χ2v) is 8.41. The Bertz CT molecular complexity index is 688. The minimum Gasteiger partial charge on any atom is -0.458 e. The van der Waals surface area contributed by atoms with Crippen molar-refractivity contribution in [1.82, 2.24) is 0 Å². The fourth-order valence-corrected chi connectivity index (χ4v) is 5.70. The summed E-state index contributed by atoms with van der Waals surface area (Å²) in [5, 5.41) is 0. The summed E-state index contributed by atoms with van der Waals surface area (Å²) in [6.45, 7) is 2.06. The summed E-state index contributed by atoms with van der Waals surface area (Å²) in [4.78, 5) is 23.9. The lowest BCUT2D eigenvalue weighted by Crippen LogP contribution is -2.44. The molecule has 3 aliphatic rings. The van der Waals surface area contributed by atoms with E-state index < -0.39 is 0 Å². The molecule has 0 heterocycles. The molecule has 134 valence electrons. The first-order valence-electron chi connectivity index (χ1n) is 9.23. The zero-order valence-electron chi connectivity index (χ0n) is 14.3. The zero-order valence-corrected chi connectivity index (χ0v) is 16.5. The van der Waals surface area contributed by atoms with E-state index in [1.807, 2.05) is 0 Å². The molecule has 6 unspecified atom stereocenters. The Labute approximate surface area is 161 Å². The molecule has 1 aromatic carbocycles. The van der Waals surface area contributed by atoms with Crippen LogP contribution < -0.4 is 0 Å². The van der Waals surface area contributed by atoms with Gasteiger partial charge >= 0.3 is 9.95 Å². The van der Waals surface area contributed by atoms with Gasteiger partial charge < -0.3 is 9.47 Å². The quantitative estimate of drug-likeness (QED) is 0.370. The summed E-state index contributed by atoms with van der Waals surface area (Å²) in [6.07, 6.45) is 3.72. The van der Waals surface area contributed by atoms with Crippen molar-refractivity contribution >= 4 is 32.5 Å². The normalized spacial score (nSPS) is 34.5. The molecule has 0 saturated heterocycles. The van der Waals surface area contributed by atoms with Crippen LogP contribution in [0.25, 0.3) is 0 Å². The van der Waals surface area contributed by atoms with E-state index in [-0.39, 0.29) is 28.1 Å². The van der Waals surface area contributed by atoms with E-state index in [1.165, 1.54) is 11.1 Å². The number of esters is 1. The minimum absolute atomic E-state index is 0.156. The van der Waals surface area contributed by atoms with Crippen LogP contribution in [-0.2, 0) is 20.7 Å². The molecule has 0 aromatic heterocycles. The van der Waals surface area contributed by atoms with E-state index in [0.717, 1.165) is 25.7 Å². The van der Waals surface area contributed by atoms with E-state index in [0.29, 0.717) is 24.2 Å². The van der Waals surface area contributed by atoms with Crippen molar-refractivity contribution in [3.8, 4) is 0 Å². The van der Waals surface area contributed by atoms with Crippen LogP contribution in [0.4, 0.5) is 4.79 Å². The van der Waals surface area contributed by atoms with Gasteiger partial charge in [0.25, 0.3) is 0 Å². The Morgan fingerprint density at radius 1 is 1.12 bits per heavy atom. The van der Waals surface area contributed by atoms with Gasteiger partial charge in [-0.05, 0) is 42.2 Å². The third kappa shape index (κ3) is 2.98. The van der Waals surface area contributed by atoms with Gasteiger partial charge in [0.15, 0.2) is 0 Å². The number of fused-ring (bicyclic) bond motifs is 7. The highest BCUT2D eigenvalue weighted by Gasteiger charge is 2.63. The van der Waals surface area contributed by atoms with Crippen molar-refractivity contribution in [2.24, 2.45) is 17.8 Å². The molecular weight excluding hydrogens is 431 g/mol. The fourth-order valence-electron chi connectivity index (χ4n) is 5.41. The number of benzene rings is 1. The van der Waals surface area contributed by atoms with Crippen molar-refractivity contribution in [2.75, 3.05) is 0 Å². The van der Waals surface area contributed by atoms with Crippen LogP contribution in [0.5, 0.6) is 0 Å². The lowest BCUT2D eigenvalue weighted by atomic mass is 9.76. The Balaban J connectivity index is 1.59. The summed E-state index contributed by atoms with van der Waals surface area (Å²) >= 11 is 1.68. The van der Waals surface area contributed by atoms with Crippen LogP contribution in [0.1, 0.15) is 49.7 Å². The maximum absolute atomic E-state index is 12.2. The van der Waals surface area contributed by atoms with Crippen molar-refractivity contribution in [3.05, 3.63) is 35.4 Å². The molecular formula is C20H23IO4. The first-order chi connectivity index (χ1) is 12.1. The molecule has 2 bridgehead atoms. The van der Waals surface area contributed by atoms with Gasteiger partial charge in [0.2, 0.25) is 0 Å². The van der Waals surface area contributed by atoms with E-state index >= 15 is 0 Å². The number of halogens is 1. The second kappa shape index (κ2) is 6.89. The van der Waals surface area contributed by atoms with Crippen molar-refractivity contribution in [3.63, 3.8) is 0 Å². The van der Waals surface area contributed by atoms with Crippen molar-refractivity contribution in [2.45, 2.75) is 57.2 Å². The number of unbranched alkanes of at least 4 members (excludes halogenated alkanes) is 1. The largest absolute Gasteiger partial charge is 0.458 e. The molecule has 4 rings (SSSR count). The Morgan fingerprint density at radius 3 is 2.64 bits per heavy atom. The minimum atomic E-state index is -0.309. The Kier molecular flexibility index (Phi) is 4.77. The van der Waals surface area contributed by atoms with E-state index in [4.69, 9.17) is 9.47 Å². The van der Waals surface area contributed by atoms with Crippen LogP contribution in [0.2, 0.25) is 0 Å². The highest BCUT2D eigenvalue weighted by molar-refractivity contribution is 14.1. The third-order valence-corrected chi connectivity index (χ3v) is 6.54. The van der Waals surface area contributed by atoms with Crippen LogP contribution in [0.3, 0.4) is 0 Å². The van der Waals surface area contributed by atoms with Crippen LogP contribution in [0.15, 0.2) is 24.3 Å². The number of ether oxygens (including phenoxy) is 2. The molecule has 4 nitrogen and oxygen atoms in total. The number of carbonyl (C=O) groups is 2. The summed E-state index contributed by atoms with van der Waals surface area (Å²) < 4.78 is 11.2. The lowest BCUT2D eigenvalue weighted by molar-refractivity contribution is -0.160. The molecule has 0 N–H and O–H groups in total. The SMILES string of the molecule is CCCCC(=O)OC1C2CC(C3Cc4ccccc4C32)C1OC(=O)I. The van der Waals surface area contributed by atoms with Gasteiger partial charge in [0.05, 0.1) is 22.6 Å². The van der Waals surface area contributed by atoms with Gasteiger partial charge in [-0.3, -0.25) is 4.79 Å². The van der Waals surface area contributed by atoms with E-state index in [2.05, 4.69) is 31.2 Å². The topological polar surface area (TPSA) is 52.6 Å². The van der Waals surface area contributed by atoms with Gasteiger partial charge in [-0.25, -0.2) is 4.79 Å². The van der Waals surface area contributed by atoms with Gasteiger partial charge in [-0.2, -0.15) is 0 Å². The van der Waals surface area contributed by atoms with Gasteiger partial charge in [0.1, 0.15) is 12.2 Å². The molecule has 2 saturated carbocycles. The maximum Gasteiger partial charge on any atom is 0.367 e. The first-order valence-corrected chi connectivity index (χ1v) is 10.3. The fraction of sp³-hybridized carbons (Fsp3) is 0.600. The first kappa shape index (κ1) is 17.3. The Morgan fingerprint density at radius 2 is 1.88 bits per heavy atom. The number of hydrogen-bond donors (Lipinski definition) is 0. The second-order valence-electron chi connectivity index (χ2n) is 7.53. The molecule has 2 fully saturated rings. The summed E-state index contributed by atoms with van der Waals surface area (Å²) in [7, 11) is 0. The summed E-state index contributed by atoms with van der Waals surface area (Å²) in [5.74, 6) is 1.36. The molecule has 0 aliphatic heterocycles. The molecule has 0 spiro atoms. The van der Waals surface area contributed by atoms with Crippen molar-refractivity contribution < 1.29 is 19.1 Å². The van der Waals surface area contributed by atoms with Crippen LogP contribution >= 0.6 is 22.6 Å². The van der Waals surface area contributed by atoms with E-state index in [9.17, 15) is 9.59 Å². The molecule has 25 heavy (non-hydrogen) atoms. The molecule has 1 aromatic rings. The molecule has 0 amide bonds. The predicted octanol–water partition coefficient (Wildman–Crippen LogP) is 4.63. The molecule has 5 heteroatoms. The lowest BCUT2D eigenvalue weighted by Gasteiger charge is -2.37. The molecule has 0 radical (unpaired) electrons. The standard InChI is InChI=1S/C20H23IO4/c1-2-3-8-16(22)24-19-15-10-14(18(19)25-20(21)23)13-9-11-6-4-5-7-12(11)17(13)15/h4-7,13-15,17-19H,2-3,8-10H2,1H3. The average molecular weight is 454 g/mol. The third-order valence-electron chi connectivity index (χ3n) is 6.29. The maximum atomic E-state index is 12.2. The van der Waals surface area contributed by atoms with Gasteiger partial charge in [0, 0.05) is 18.3 Å². The highest BCUT2D eigenvalue weighted by atomic mass is 127. The predicted molar refractivity (Wildman–Crippen MR) is 102 cm³/mol. The smallest absolute Gasteiger partial charge is 0.367 e. The average Bonchev–Trinajstić information content (AvgIpc) is 3.22. The highest BCUT2D eigenvalue weighted by Crippen LogP contribution is 2.62. The van der Waals surface area contributed by atoms with Gasteiger partial charge in [-0.15, -0.1) is 0 Å². The zero-order chi connectivity index (χ0) is 17.6. The summed E-state index contributed by atoms with van der Waals surface area (Å²) in [6, 6.07) is 8.61. The monoisotopic (exact) mass is 454 g/mol. The Hall–Kier alpha value is -1.11. The van der Waals surface area contributed by atoms with Gasteiger partial charge in [-0.1, -0.05) is 37.6 Å². The summed E-state index contributed by atoms with van der Waals surface area (Å²) in [5.41, 5.74) is 2.82. The molecule has 3 aliphatic carbocycles. The van der Waals surface area contributed by atoms with Crippen LogP contribution in [0, 0.1) is 17.8 Å². The number of carbonyl (C=O) groups excluding carboxylic acids is 2. The van der Waals surface area contributed by atoms with Crippen molar-refractivity contribution in [1.29, 1.82) is 0 Å². The van der Waals surface area contributed by atoms with Crippen LogP contribution in [-0.4, -0.2) is 22.2 Å². The molecule has 6 atom stereocenters. The number of rotatable bonds is 5. The van der Waals surface area contributed by atoms with E-state index in [1.54, 1.807) is 22.6 Å².